The van der Waals surface area contributed by atoms with Crippen LogP contribution in [0.15, 0.2) is 16.7 Å². The maximum Gasteiger partial charge on any atom is 0.260 e. The summed E-state index contributed by atoms with van der Waals surface area (Å²) in [5.74, 6) is 0.895. The van der Waals surface area contributed by atoms with Crippen molar-refractivity contribution < 1.29 is 14.0 Å². The minimum absolute atomic E-state index is 0.0664. The van der Waals surface area contributed by atoms with Crippen LogP contribution in [-0.2, 0) is 0 Å². The number of carbonyl (C=O) groups excluding carboxylic acids is 2. The third kappa shape index (κ3) is 2.48. The predicted molar refractivity (Wildman–Crippen MR) is 68.3 cm³/mol. The summed E-state index contributed by atoms with van der Waals surface area (Å²) in [5, 5.41) is 3.05. The summed E-state index contributed by atoms with van der Waals surface area (Å²) in [7, 11) is 0. The molecule has 0 bridgehead atoms. The van der Waals surface area contributed by atoms with Crippen molar-refractivity contribution in [2.24, 2.45) is 0 Å². The zero-order valence-corrected chi connectivity index (χ0v) is 11.1. The number of amides is 1. The Hall–Kier alpha value is -1.95. The predicted octanol–water partition coefficient (Wildman–Crippen LogP) is 2.81. The summed E-state index contributed by atoms with van der Waals surface area (Å²) in [6.45, 7) is 4.97. The van der Waals surface area contributed by atoms with Crippen molar-refractivity contribution in [2.45, 2.75) is 20.8 Å². The largest absolute Gasteiger partial charge is 0.466 e. The van der Waals surface area contributed by atoms with E-state index in [1.165, 1.54) is 13.1 Å². The molecule has 0 spiro atoms. The molecule has 6 heteroatoms. The van der Waals surface area contributed by atoms with Crippen LogP contribution in [0.5, 0.6) is 0 Å². The number of hydrogen-bond donors (Lipinski definition) is 1. The minimum atomic E-state index is -0.284. The summed E-state index contributed by atoms with van der Waals surface area (Å²) in [6.07, 6.45) is 1.45. The molecular weight excluding hydrogens is 252 g/mol. The fourth-order valence-corrected chi connectivity index (χ4v) is 2.22. The van der Waals surface area contributed by atoms with Crippen molar-refractivity contribution in [3.8, 4) is 0 Å². The standard InChI is InChI=1S/C12H12N2O3S/c1-6-4-9(8(3)17-6)11(16)14-12-13-5-10(18-12)7(2)15/h4-5H,1-3H3,(H,13,14,16). The van der Waals surface area contributed by atoms with Crippen LogP contribution in [-0.4, -0.2) is 16.7 Å². The van der Waals surface area contributed by atoms with Gasteiger partial charge >= 0.3 is 0 Å². The number of anilines is 1. The number of Topliss-reactive ketones (excluding diaryl/α,β-unsaturated/α-hetero) is 1. The van der Waals surface area contributed by atoms with Gasteiger partial charge in [0, 0.05) is 6.92 Å². The van der Waals surface area contributed by atoms with Crippen LogP contribution in [0.4, 0.5) is 5.13 Å². The number of aromatic nitrogens is 1. The van der Waals surface area contributed by atoms with Gasteiger partial charge in [0.15, 0.2) is 10.9 Å². The zero-order valence-electron chi connectivity index (χ0n) is 10.2. The first-order valence-corrected chi connectivity index (χ1v) is 6.14. The van der Waals surface area contributed by atoms with Crippen molar-refractivity contribution >= 4 is 28.2 Å². The van der Waals surface area contributed by atoms with Gasteiger partial charge in [0.25, 0.3) is 5.91 Å². The van der Waals surface area contributed by atoms with Crippen LogP contribution in [0, 0.1) is 13.8 Å². The van der Waals surface area contributed by atoms with E-state index in [0.29, 0.717) is 27.1 Å². The molecule has 0 saturated heterocycles. The van der Waals surface area contributed by atoms with E-state index >= 15 is 0 Å². The molecule has 0 atom stereocenters. The van der Waals surface area contributed by atoms with Gasteiger partial charge in [-0.15, -0.1) is 0 Å². The second-order valence-electron chi connectivity index (χ2n) is 3.87. The third-order valence-electron chi connectivity index (χ3n) is 2.36. The van der Waals surface area contributed by atoms with E-state index in [2.05, 4.69) is 10.3 Å². The molecule has 1 amide bonds. The molecule has 2 aromatic rings. The van der Waals surface area contributed by atoms with E-state index < -0.39 is 0 Å². The average Bonchev–Trinajstić information content (AvgIpc) is 2.85. The van der Waals surface area contributed by atoms with Crippen molar-refractivity contribution in [3.63, 3.8) is 0 Å². The number of ketones is 1. The number of thiazole rings is 1. The van der Waals surface area contributed by atoms with Gasteiger partial charge in [-0.25, -0.2) is 4.98 Å². The Kier molecular flexibility index (Phi) is 3.29. The van der Waals surface area contributed by atoms with Gasteiger partial charge in [0.1, 0.15) is 11.5 Å². The minimum Gasteiger partial charge on any atom is -0.466 e. The number of rotatable bonds is 3. The molecule has 0 radical (unpaired) electrons. The van der Waals surface area contributed by atoms with E-state index in [1.807, 2.05) is 0 Å². The van der Waals surface area contributed by atoms with Crippen LogP contribution in [0.3, 0.4) is 0 Å². The molecule has 94 valence electrons. The summed E-state index contributed by atoms with van der Waals surface area (Å²) >= 11 is 1.15. The highest BCUT2D eigenvalue weighted by molar-refractivity contribution is 7.17. The lowest BCUT2D eigenvalue weighted by Gasteiger charge is -1.98. The number of nitrogens with one attached hydrogen (secondary N) is 1. The summed E-state index contributed by atoms with van der Waals surface area (Å²) in [4.78, 5) is 27.5. The fraction of sp³-hybridized carbons (Fsp3) is 0.250. The van der Waals surface area contributed by atoms with E-state index in [0.717, 1.165) is 11.3 Å². The van der Waals surface area contributed by atoms with Crippen LogP contribution in [0.25, 0.3) is 0 Å². The van der Waals surface area contributed by atoms with Crippen LogP contribution in [0.1, 0.15) is 38.5 Å². The van der Waals surface area contributed by atoms with Crippen LogP contribution in [0.2, 0.25) is 0 Å². The lowest BCUT2D eigenvalue weighted by atomic mass is 10.2. The first-order valence-electron chi connectivity index (χ1n) is 5.32. The summed E-state index contributed by atoms with van der Waals surface area (Å²) < 4.78 is 5.28. The summed E-state index contributed by atoms with van der Waals surface area (Å²) in [5.41, 5.74) is 0.479. The molecule has 0 aliphatic rings. The lowest BCUT2D eigenvalue weighted by Crippen LogP contribution is -2.11. The van der Waals surface area contributed by atoms with Crippen molar-refractivity contribution in [1.29, 1.82) is 0 Å². The molecule has 0 fully saturated rings. The van der Waals surface area contributed by atoms with Crippen LogP contribution >= 0.6 is 11.3 Å². The molecule has 0 saturated carbocycles. The number of hydrogen-bond acceptors (Lipinski definition) is 5. The van der Waals surface area contributed by atoms with Crippen molar-refractivity contribution in [3.05, 3.63) is 34.2 Å². The lowest BCUT2D eigenvalue weighted by molar-refractivity contribution is 0.101. The number of nitrogens with zero attached hydrogens (tertiary/aromatic N) is 1. The SMILES string of the molecule is CC(=O)c1cnc(NC(=O)c2cc(C)oc2C)s1. The van der Waals surface area contributed by atoms with Gasteiger partial charge in [-0.1, -0.05) is 11.3 Å². The molecular formula is C12H12N2O3S. The van der Waals surface area contributed by atoms with Gasteiger partial charge in [0.05, 0.1) is 16.6 Å². The van der Waals surface area contributed by atoms with Gasteiger partial charge in [-0.05, 0) is 19.9 Å². The Morgan fingerprint density at radius 2 is 2.11 bits per heavy atom. The maximum absolute atomic E-state index is 11.9. The average molecular weight is 264 g/mol. The Morgan fingerprint density at radius 3 is 2.61 bits per heavy atom. The molecule has 0 aliphatic carbocycles. The Bertz CT molecular complexity index is 613. The fourth-order valence-electron chi connectivity index (χ4n) is 1.52. The molecule has 2 heterocycles. The highest BCUT2D eigenvalue weighted by Gasteiger charge is 2.15. The number of aryl methyl sites for hydroxylation is 2. The monoisotopic (exact) mass is 264 g/mol. The van der Waals surface area contributed by atoms with Crippen molar-refractivity contribution in [2.75, 3.05) is 5.32 Å². The highest BCUT2D eigenvalue weighted by atomic mass is 32.1. The van der Waals surface area contributed by atoms with E-state index in [1.54, 1.807) is 19.9 Å². The quantitative estimate of drug-likeness (QED) is 0.865. The molecule has 2 rings (SSSR count). The van der Waals surface area contributed by atoms with Gasteiger partial charge in [-0.3, -0.25) is 14.9 Å². The molecule has 0 aliphatic heterocycles. The highest BCUT2D eigenvalue weighted by Crippen LogP contribution is 2.20. The first kappa shape index (κ1) is 12.5. The maximum atomic E-state index is 11.9. The second kappa shape index (κ2) is 4.73. The zero-order chi connectivity index (χ0) is 13.3. The van der Waals surface area contributed by atoms with E-state index in [4.69, 9.17) is 4.42 Å². The van der Waals surface area contributed by atoms with E-state index in [-0.39, 0.29) is 11.7 Å². The normalized spacial score (nSPS) is 10.4. The van der Waals surface area contributed by atoms with E-state index in [9.17, 15) is 9.59 Å². The summed E-state index contributed by atoms with van der Waals surface area (Å²) in [6, 6.07) is 1.67. The Balaban J connectivity index is 2.16. The van der Waals surface area contributed by atoms with Gasteiger partial charge in [0.2, 0.25) is 0 Å². The second-order valence-corrected chi connectivity index (χ2v) is 4.90. The van der Waals surface area contributed by atoms with Gasteiger partial charge < -0.3 is 4.42 Å². The molecule has 5 nitrogen and oxygen atoms in total. The van der Waals surface area contributed by atoms with Crippen molar-refractivity contribution in [1.82, 2.24) is 4.98 Å². The third-order valence-corrected chi connectivity index (χ3v) is 3.37. The van der Waals surface area contributed by atoms with Crippen LogP contribution < -0.4 is 5.32 Å². The Morgan fingerprint density at radius 1 is 1.39 bits per heavy atom. The first-order chi connectivity index (χ1) is 8.47. The molecule has 2 aromatic heterocycles. The molecule has 0 unspecified atom stereocenters. The topological polar surface area (TPSA) is 72.2 Å². The van der Waals surface area contributed by atoms with Gasteiger partial charge in [-0.2, -0.15) is 0 Å². The smallest absolute Gasteiger partial charge is 0.260 e. The molecule has 1 N–H and O–H groups in total. The molecule has 18 heavy (non-hydrogen) atoms. The molecule has 0 aromatic carbocycles. The Labute approximate surface area is 108 Å². The number of carbonyl (C=O) groups is 2. The number of furan rings is 1.